The molecule has 3 heterocycles. The lowest BCUT2D eigenvalue weighted by molar-refractivity contribution is 0.0766. The molecule has 3 aromatic rings. The van der Waals surface area contributed by atoms with E-state index >= 15 is 0 Å². The minimum Gasteiger partial charge on any atom is -0.337 e. The van der Waals surface area contributed by atoms with E-state index in [1.807, 2.05) is 34.6 Å². The van der Waals surface area contributed by atoms with Crippen molar-refractivity contribution in [3.63, 3.8) is 0 Å². The molecule has 0 unspecified atom stereocenters. The molecule has 0 bridgehead atoms. The van der Waals surface area contributed by atoms with Crippen LogP contribution in [0.2, 0.25) is 0 Å². The standard InChI is InChI=1S/C27H35N5O5S/c1-17(2)16-32-24-23(25(33)29-27(32)35)21(15-22(28-24)18(3)4)26(34)30-11-6-12-31(14-13-30)38(36,37)20-9-7-19(5)8-10-20/h7-10,15,17-18H,6,11-14,16H2,1-5H3,(H,29,33,35). The summed E-state index contributed by atoms with van der Waals surface area (Å²) in [5, 5.41) is 0.0769. The molecule has 4 rings (SSSR count). The maximum atomic E-state index is 13.9. The molecule has 11 heteroatoms. The normalized spacial score (nSPS) is 15.4. The van der Waals surface area contributed by atoms with E-state index in [1.165, 1.54) is 8.87 Å². The molecule has 1 N–H and O–H groups in total. The van der Waals surface area contributed by atoms with Crippen molar-refractivity contribution >= 4 is 27.0 Å². The average molecular weight is 542 g/mol. The number of benzene rings is 1. The molecular weight excluding hydrogens is 506 g/mol. The first kappa shape index (κ1) is 27.7. The van der Waals surface area contributed by atoms with Crippen molar-refractivity contribution in [1.29, 1.82) is 0 Å². The average Bonchev–Trinajstić information content (AvgIpc) is 3.12. The van der Waals surface area contributed by atoms with E-state index in [0.29, 0.717) is 25.2 Å². The van der Waals surface area contributed by atoms with Gasteiger partial charge in [-0.2, -0.15) is 4.31 Å². The Labute approximate surface area is 222 Å². The van der Waals surface area contributed by atoms with E-state index in [4.69, 9.17) is 0 Å². The molecule has 1 amide bonds. The quantitative estimate of drug-likeness (QED) is 0.512. The number of aromatic amines is 1. The molecule has 2 aromatic heterocycles. The first-order valence-electron chi connectivity index (χ1n) is 12.9. The number of aromatic nitrogens is 3. The summed E-state index contributed by atoms with van der Waals surface area (Å²) >= 11 is 0. The van der Waals surface area contributed by atoms with Crippen molar-refractivity contribution in [3.8, 4) is 0 Å². The van der Waals surface area contributed by atoms with Gasteiger partial charge in [-0.3, -0.25) is 19.1 Å². The third-order valence-electron chi connectivity index (χ3n) is 6.74. The Kier molecular flexibility index (Phi) is 7.89. The summed E-state index contributed by atoms with van der Waals surface area (Å²) in [6, 6.07) is 8.34. The fourth-order valence-electron chi connectivity index (χ4n) is 4.66. The third-order valence-corrected chi connectivity index (χ3v) is 8.65. The molecule has 1 aliphatic rings. The second-order valence-electron chi connectivity index (χ2n) is 10.6. The zero-order valence-electron chi connectivity index (χ0n) is 22.5. The molecule has 0 atom stereocenters. The number of rotatable bonds is 6. The molecule has 38 heavy (non-hydrogen) atoms. The minimum absolute atomic E-state index is 0.0490. The van der Waals surface area contributed by atoms with Crippen molar-refractivity contribution < 1.29 is 13.2 Å². The zero-order valence-corrected chi connectivity index (χ0v) is 23.3. The molecule has 0 saturated carbocycles. The molecule has 1 aromatic carbocycles. The number of H-pyrrole nitrogens is 1. The lowest BCUT2D eigenvalue weighted by Gasteiger charge is -2.23. The van der Waals surface area contributed by atoms with Gasteiger partial charge in [0.05, 0.1) is 15.8 Å². The molecule has 0 spiro atoms. The van der Waals surface area contributed by atoms with Gasteiger partial charge in [-0.05, 0) is 43.4 Å². The van der Waals surface area contributed by atoms with Crippen LogP contribution in [0.25, 0.3) is 11.0 Å². The van der Waals surface area contributed by atoms with Crippen molar-refractivity contribution in [2.45, 2.75) is 58.4 Å². The van der Waals surface area contributed by atoms with Gasteiger partial charge in [-0.15, -0.1) is 0 Å². The number of hydrogen-bond acceptors (Lipinski definition) is 6. The second-order valence-corrected chi connectivity index (χ2v) is 12.5. The van der Waals surface area contributed by atoms with E-state index in [9.17, 15) is 22.8 Å². The number of carbonyl (C=O) groups is 1. The van der Waals surface area contributed by atoms with Gasteiger partial charge in [0.25, 0.3) is 11.5 Å². The number of amides is 1. The molecule has 1 fully saturated rings. The highest BCUT2D eigenvalue weighted by Gasteiger charge is 2.30. The van der Waals surface area contributed by atoms with Gasteiger partial charge in [-0.1, -0.05) is 45.4 Å². The fraction of sp³-hybridized carbons (Fsp3) is 0.481. The second kappa shape index (κ2) is 10.8. The number of hydrogen-bond donors (Lipinski definition) is 1. The van der Waals surface area contributed by atoms with E-state index in [0.717, 1.165) is 5.56 Å². The summed E-state index contributed by atoms with van der Waals surface area (Å²) in [6.45, 7) is 10.9. The van der Waals surface area contributed by atoms with Gasteiger partial charge in [-0.25, -0.2) is 18.2 Å². The zero-order chi connectivity index (χ0) is 27.8. The highest BCUT2D eigenvalue weighted by atomic mass is 32.2. The molecule has 10 nitrogen and oxygen atoms in total. The van der Waals surface area contributed by atoms with Crippen LogP contribution in [0.1, 0.15) is 61.6 Å². The van der Waals surface area contributed by atoms with Gasteiger partial charge in [0, 0.05) is 38.4 Å². The van der Waals surface area contributed by atoms with E-state index in [1.54, 1.807) is 35.2 Å². The van der Waals surface area contributed by atoms with E-state index in [2.05, 4.69) is 9.97 Å². The number of sulfonamides is 1. The summed E-state index contributed by atoms with van der Waals surface area (Å²) in [7, 11) is -3.70. The minimum atomic E-state index is -3.70. The van der Waals surface area contributed by atoms with Crippen LogP contribution in [0.3, 0.4) is 0 Å². The molecule has 1 aliphatic heterocycles. The number of nitrogens with one attached hydrogen (secondary N) is 1. The van der Waals surface area contributed by atoms with Crippen LogP contribution in [0.5, 0.6) is 0 Å². The van der Waals surface area contributed by atoms with Crippen molar-refractivity contribution in [1.82, 2.24) is 23.7 Å². The Hall–Kier alpha value is -3.31. The molecule has 204 valence electrons. The maximum absolute atomic E-state index is 13.9. The van der Waals surface area contributed by atoms with Crippen LogP contribution < -0.4 is 11.2 Å². The fourth-order valence-corrected chi connectivity index (χ4v) is 6.13. The highest BCUT2D eigenvalue weighted by Crippen LogP contribution is 2.23. The van der Waals surface area contributed by atoms with Gasteiger partial charge in [0.2, 0.25) is 10.0 Å². The topological polar surface area (TPSA) is 125 Å². The third kappa shape index (κ3) is 5.44. The van der Waals surface area contributed by atoms with Crippen LogP contribution in [-0.4, -0.2) is 64.2 Å². The van der Waals surface area contributed by atoms with Crippen LogP contribution in [0, 0.1) is 12.8 Å². The maximum Gasteiger partial charge on any atom is 0.330 e. The van der Waals surface area contributed by atoms with Crippen molar-refractivity contribution in [2.75, 3.05) is 26.2 Å². The Morgan fingerprint density at radius 1 is 1.03 bits per heavy atom. The summed E-state index contributed by atoms with van der Waals surface area (Å²) in [6.07, 6.45) is 0.450. The lowest BCUT2D eigenvalue weighted by Crippen LogP contribution is -2.38. The largest absolute Gasteiger partial charge is 0.337 e. The smallest absolute Gasteiger partial charge is 0.330 e. The van der Waals surface area contributed by atoms with Gasteiger partial charge < -0.3 is 4.90 Å². The molecule has 0 radical (unpaired) electrons. The SMILES string of the molecule is Cc1ccc(S(=O)(=O)N2CCCN(C(=O)c3cc(C(C)C)nc4c3c(=O)[nH]c(=O)n4CC(C)C)CC2)cc1. The van der Waals surface area contributed by atoms with Crippen molar-refractivity contribution in [3.05, 3.63) is 68.0 Å². The molecule has 0 aliphatic carbocycles. The highest BCUT2D eigenvalue weighted by molar-refractivity contribution is 7.89. The van der Waals surface area contributed by atoms with Gasteiger partial charge >= 0.3 is 5.69 Å². The summed E-state index contributed by atoms with van der Waals surface area (Å²) in [4.78, 5) is 48.3. The Morgan fingerprint density at radius 2 is 1.71 bits per heavy atom. The number of pyridine rings is 1. The van der Waals surface area contributed by atoms with Crippen LogP contribution in [0.15, 0.2) is 44.8 Å². The predicted molar refractivity (Wildman–Crippen MR) is 146 cm³/mol. The van der Waals surface area contributed by atoms with Gasteiger partial charge in [0.15, 0.2) is 5.65 Å². The van der Waals surface area contributed by atoms with Crippen LogP contribution >= 0.6 is 0 Å². The summed E-state index contributed by atoms with van der Waals surface area (Å²) < 4.78 is 29.3. The lowest BCUT2D eigenvalue weighted by atomic mass is 10.0. The number of nitrogens with zero attached hydrogens (tertiary/aromatic N) is 4. The monoisotopic (exact) mass is 541 g/mol. The number of aryl methyl sites for hydroxylation is 1. The number of carbonyl (C=O) groups excluding carboxylic acids is 1. The van der Waals surface area contributed by atoms with Crippen LogP contribution in [-0.2, 0) is 16.6 Å². The summed E-state index contributed by atoms with van der Waals surface area (Å²) in [5.41, 5.74) is 0.717. The first-order chi connectivity index (χ1) is 17.9. The Morgan fingerprint density at radius 3 is 2.34 bits per heavy atom. The van der Waals surface area contributed by atoms with E-state index in [-0.39, 0.29) is 58.9 Å². The Bertz CT molecular complexity index is 1570. The summed E-state index contributed by atoms with van der Waals surface area (Å²) in [5.74, 6) is -0.321. The molecular formula is C27H35N5O5S. The van der Waals surface area contributed by atoms with Crippen LogP contribution in [0.4, 0.5) is 0 Å². The predicted octanol–water partition coefficient (Wildman–Crippen LogP) is 2.71. The van der Waals surface area contributed by atoms with Crippen molar-refractivity contribution in [2.24, 2.45) is 5.92 Å². The number of fused-ring (bicyclic) bond motifs is 1. The molecule has 1 saturated heterocycles. The first-order valence-corrected chi connectivity index (χ1v) is 14.4. The Balaban J connectivity index is 1.72. The van der Waals surface area contributed by atoms with Gasteiger partial charge in [0.1, 0.15) is 0 Å². The van der Waals surface area contributed by atoms with E-state index < -0.39 is 21.3 Å².